The largest absolute Gasteiger partial charge is 0.481 e. The molecule has 120 valence electrons. The molecule has 0 atom stereocenters. The molecule has 1 aliphatic rings. The van der Waals surface area contributed by atoms with Gasteiger partial charge >= 0.3 is 12.0 Å². The van der Waals surface area contributed by atoms with Gasteiger partial charge in [-0.05, 0) is 40.9 Å². The molecule has 1 saturated heterocycles. The second-order valence-corrected chi connectivity index (χ2v) is 6.48. The molecule has 3 rings (SSSR count). The van der Waals surface area contributed by atoms with Crippen LogP contribution in [0.4, 0.5) is 10.5 Å². The molecular formula is C16H16BrN3O3. The molecule has 2 heterocycles. The summed E-state index contributed by atoms with van der Waals surface area (Å²) in [6, 6.07) is 7.33. The number of rotatable bonds is 2. The number of benzene rings is 1. The molecule has 7 heteroatoms. The van der Waals surface area contributed by atoms with Crippen LogP contribution in [-0.4, -0.2) is 40.1 Å². The van der Waals surface area contributed by atoms with E-state index >= 15 is 0 Å². The van der Waals surface area contributed by atoms with Crippen molar-refractivity contribution in [3.8, 4) is 0 Å². The standard InChI is InChI=1S/C16H16BrN3O3/c17-12-8-11-2-1-3-13(14(11)18-9-12)19-16(23)20-6-4-10(5-7-20)15(21)22/h1-3,8-10H,4-7H2,(H,19,23)(H,21,22). The Morgan fingerprint density at radius 2 is 2.04 bits per heavy atom. The second-order valence-electron chi connectivity index (χ2n) is 5.56. The summed E-state index contributed by atoms with van der Waals surface area (Å²) in [7, 11) is 0. The molecule has 0 saturated carbocycles. The van der Waals surface area contributed by atoms with E-state index in [9.17, 15) is 9.59 Å². The number of urea groups is 1. The Balaban J connectivity index is 1.73. The zero-order chi connectivity index (χ0) is 16.4. The van der Waals surface area contributed by atoms with Crippen LogP contribution in [0.2, 0.25) is 0 Å². The van der Waals surface area contributed by atoms with Crippen molar-refractivity contribution in [2.45, 2.75) is 12.8 Å². The van der Waals surface area contributed by atoms with E-state index in [4.69, 9.17) is 5.11 Å². The van der Waals surface area contributed by atoms with Gasteiger partial charge in [-0.15, -0.1) is 0 Å². The summed E-state index contributed by atoms with van der Waals surface area (Å²) >= 11 is 3.38. The molecule has 1 fully saturated rings. The summed E-state index contributed by atoms with van der Waals surface area (Å²) in [6.07, 6.45) is 2.67. The first kappa shape index (κ1) is 15.7. The maximum Gasteiger partial charge on any atom is 0.321 e. The summed E-state index contributed by atoms with van der Waals surface area (Å²) in [5.74, 6) is -1.13. The second kappa shape index (κ2) is 6.54. The number of hydrogen-bond donors (Lipinski definition) is 2. The van der Waals surface area contributed by atoms with Crippen LogP contribution in [0.25, 0.3) is 10.9 Å². The number of likely N-dealkylation sites (tertiary alicyclic amines) is 1. The maximum atomic E-state index is 12.4. The Labute approximate surface area is 141 Å². The molecule has 0 radical (unpaired) electrons. The predicted molar refractivity (Wildman–Crippen MR) is 90.4 cm³/mol. The molecule has 0 unspecified atom stereocenters. The fraction of sp³-hybridized carbons (Fsp3) is 0.312. The SMILES string of the molecule is O=C(O)C1CCN(C(=O)Nc2cccc3cc(Br)cnc23)CC1. The molecular weight excluding hydrogens is 362 g/mol. The molecule has 2 aromatic rings. The Morgan fingerprint density at radius 3 is 2.74 bits per heavy atom. The number of amides is 2. The third kappa shape index (κ3) is 3.44. The molecule has 23 heavy (non-hydrogen) atoms. The number of carbonyl (C=O) groups is 2. The number of halogens is 1. The van der Waals surface area contributed by atoms with Crippen LogP contribution in [0.5, 0.6) is 0 Å². The number of aromatic nitrogens is 1. The van der Waals surface area contributed by atoms with Gasteiger partial charge in [0.05, 0.1) is 17.1 Å². The lowest BCUT2D eigenvalue weighted by Crippen LogP contribution is -2.42. The number of carboxylic acids is 1. The normalized spacial score (nSPS) is 15.6. The number of hydrogen-bond acceptors (Lipinski definition) is 3. The van der Waals surface area contributed by atoms with Gasteiger partial charge in [0.1, 0.15) is 0 Å². The topological polar surface area (TPSA) is 82.5 Å². The minimum absolute atomic E-state index is 0.217. The minimum Gasteiger partial charge on any atom is -0.481 e. The molecule has 1 aromatic heterocycles. The Bertz CT molecular complexity index is 757. The highest BCUT2D eigenvalue weighted by atomic mass is 79.9. The molecule has 0 spiro atoms. The van der Waals surface area contributed by atoms with E-state index < -0.39 is 5.97 Å². The zero-order valence-electron chi connectivity index (χ0n) is 12.3. The zero-order valence-corrected chi connectivity index (χ0v) is 13.9. The Hall–Kier alpha value is -2.15. The fourth-order valence-electron chi connectivity index (χ4n) is 2.76. The highest BCUT2D eigenvalue weighted by molar-refractivity contribution is 9.10. The Morgan fingerprint density at radius 1 is 1.30 bits per heavy atom. The molecule has 0 aliphatic carbocycles. The molecule has 2 N–H and O–H groups in total. The number of aliphatic carboxylic acids is 1. The van der Waals surface area contributed by atoms with E-state index in [1.54, 1.807) is 11.1 Å². The van der Waals surface area contributed by atoms with Crippen LogP contribution < -0.4 is 5.32 Å². The van der Waals surface area contributed by atoms with Crippen LogP contribution in [0, 0.1) is 5.92 Å². The lowest BCUT2D eigenvalue weighted by Gasteiger charge is -2.30. The number of piperidine rings is 1. The van der Waals surface area contributed by atoms with E-state index in [1.807, 2.05) is 24.3 Å². The fourth-order valence-corrected chi connectivity index (χ4v) is 3.11. The maximum absolute atomic E-state index is 12.4. The van der Waals surface area contributed by atoms with Gasteiger partial charge in [0, 0.05) is 29.1 Å². The van der Waals surface area contributed by atoms with Crippen molar-refractivity contribution in [2.75, 3.05) is 18.4 Å². The van der Waals surface area contributed by atoms with Crippen molar-refractivity contribution in [1.82, 2.24) is 9.88 Å². The molecule has 1 aliphatic heterocycles. The van der Waals surface area contributed by atoms with Crippen molar-refractivity contribution in [3.63, 3.8) is 0 Å². The summed E-state index contributed by atoms with van der Waals surface area (Å²) < 4.78 is 0.879. The average molecular weight is 378 g/mol. The van der Waals surface area contributed by atoms with Crippen molar-refractivity contribution < 1.29 is 14.7 Å². The van der Waals surface area contributed by atoms with Crippen LogP contribution in [-0.2, 0) is 4.79 Å². The lowest BCUT2D eigenvalue weighted by molar-refractivity contribution is -0.143. The van der Waals surface area contributed by atoms with E-state index in [2.05, 4.69) is 26.2 Å². The summed E-state index contributed by atoms with van der Waals surface area (Å²) in [5, 5.41) is 12.8. The number of fused-ring (bicyclic) bond motifs is 1. The number of carbonyl (C=O) groups excluding carboxylic acids is 1. The summed E-state index contributed by atoms with van der Waals surface area (Å²) in [6.45, 7) is 0.902. The number of nitrogens with zero attached hydrogens (tertiary/aromatic N) is 2. The van der Waals surface area contributed by atoms with Gasteiger partial charge in [-0.1, -0.05) is 12.1 Å². The Kier molecular flexibility index (Phi) is 4.47. The van der Waals surface area contributed by atoms with Crippen LogP contribution in [0.15, 0.2) is 34.9 Å². The van der Waals surface area contributed by atoms with Gasteiger partial charge in [-0.3, -0.25) is 9.78 Å². The number of para-hydroxylation sites is 1. The number of carboxylic acid groups (broad SMARTS) is 1. The predicted octanol–water partition coefficient (Wildman–Crippen LogP) is 3.33. The van der Waals surface area contributed by atoms with E-state index in [0.717, 1.165) is 15.4 Å². The van der Waals surface area contributed by atoms with Gasteiger partial charge in [0.15, 0.2) is 0 Å². The van der Waals surface area contributed by atoms with E-state index in [1.165, 1.54) is 0 Å². The summed E-state index contributed by atoms with van der Waals surface area (Å²) in [4.78, 5) is 29.4. The van der Waals surface area contributed by atoms with Crippen LogP contribution >= 0.6 is 15.9 Å². The molecule has 0 bridgehead atoms. The quantitative estimate of drug-likeness (QED) is 0.840. The van der Waals surface area contributed by atoms with Gasteiger partial charge in [0.25, 0.3) is 0 Å². The average Bonchev–Trinajstić information content (AvgIpc) is 2.54. The molecule has 2 amide bonds. The number of anilines is 1. The number of pyridine rings is 1. The first-order valence-corrected chi connectivity index (χ1v) is 8.17. The molecule has 6 nitrogen and oxygen atoms in total. The highest BCUT2D eigenvalue weighted by Gasteiger charge is 2.27. The van der Waals surface area contributed by atoms with Crippen molar-refractivity contribution in [3.05, 3.63) is 34.9 Å². The van der Waals surface area contributed by atoms with Crippen LogP contribution in [0.3, 0.4) is 0 Å². The first-order valence-electron chi connectivity index (χ1n) is 7.37. The van der Waals surface area contributed by atoms with E-state index in [-0.39, 0.29) is 11.9 Å². The van der Waals surface area contributed by atoms with Crippen molar-refractivity contribution >= 4 is 44.5 Å². The molecule has 1 aromatic carbocycles. The van der Waals surface area contributed by atoms with Gasteiger partial charge in [0.2, 0.25) is 0 Å². The first-order chi connectivity index (χ1) is 11.0. The van der Waals surface area contributed by atoms with Gasteiger partial charge in [-0.25, -0.2) is 4.79 Å². The van der Waals surface area contributed by atoms with Crippen molar-refractivity contribution in [2.24, 2.45) is 5.92 Å². The van der Waals surface area contributed by atoms with Gasteiger partial charge < -0.3 is 15.3 Å². The third-order valence-electron chi connectivity index (χ3n) is 4.05. The van der Waals surface area contributed by atoms with E-state index in [0.29, 0.717) is 31.6 Å². The highest BCUT2D eigenvalue weighted by Crippen LogP contribution is 2.25. The third-order valence-corrected chi connectivity index (χ3v) is 4.48. The summed E-state index contributed by atoms with van der Waals surface area (Å²) in [5.41, 5.74) is 1.38. The monoisotopic (exact) mass is 377 g/mol. The minimum atomic E-state index is -0.783. The number of nitrogens with one attached hydrogen (secondary N) is 1. The van der Waals surface area contributed by atoms with Crippen molar-refractivity contribution in [1.29, 1.82) is 0 Å². The smallest absolute Gasteiger partial charge is 0.321 e. The van der Waals surface area contributed by atoms with Crippen LogP contribution in [0.1, 0.15) is 12.8 Å². The van der Waals surface area contributed by atoms with Gasteiger partial charge in [-0.2, -0.15) is 0 Å². The lowest BCUT2D eigenvalue weighted by atomic mass is 9.97.